The van der Waals surface area contributed by atoms with E-state index in [1.54, 1.807) is 6.92 Å². The molecule has 6 nitrogen and oxygen atoms in total. The number of esters is 1. The summed E-state index contributed by atoms with van der Waals surface area (Å²) in [4.78, 5) is 15.4. The first-order chi connectivity index (χ1) is 8.79. The minimum Gasteiger partial charge on any atom is -0.465 e. The highest BCUT2D eigenvalue weighted by atomic mass is 32.1. The average molecular weight is 268 g/mol. The van der Waals surface area contributed by atoms with Gasteiger partial charge in [-0.2, -0.15) is 0 Å². The Balaban J connectivity index is 2.50. The average Bonchev–Trinajstić information content (AvgIpc) is 2.87. The van der Waals surface area contributed by atoms with E-state index in [4.69, 9.17) is 10.3 Å². The number of rotatable bonds is 8. The molecule has 1 N–H and O–H groups in total. The Morgan fingerprint density at radius 1 is 1.72 bits per heavy atom. The molecule has 0 saturated carbocycles. The maximum Gasteiger partial charge on any atom is 0.328 e. The van der Waals surface area contributed by atoms with Crippen molar-refractivity contribution in [2.24, 2.45) is 5.11 Å². The number of hydrogen-bond donors (Lipinski definition) is 1. The van der Waals surface area contributed by atoms with Gasteiger partial charge in [-0.15, -0.1) is 11.3 Å². The zero-order valence-electron chi connectivity index (χ0n) is 10.2. The SMILES string of the molecule is CCOC(=O)C(NCCCN=[N+]=[N-])c1cccs1. The monoisotopic (exact) mass is 268 g/mol. The topological polar surface area (TPSA) is 87.1 Å². The number of nitrogens with zero attached hydrogens (tertiary/aromatic N) is 3. The summed E-state index contributed by atoms with van der Waals surface area (Å²) in [6.07, 6.45) is 0.686. The Hall–Kier alpha value is -1.56. The summed E-state index contributed by atoms with van der Waals surface area (Å²) >= 11 is 1.51. The van der Waals surface area contributed by atoms with Crippen LogP contribution >= 0.6 is 11.3 Å². The molecule has 0 aromatic carbocycles. The van der Waals surface area contributed by atoms with Crippen LogP contribution in [0.15, 0.2) is 22.6 Å². The number of ether oxygens (including phenoxy) is 1. The van der Waals surface area contributed by atoms with Gasteiger partial charge in [0, 0.05) is 16.3 Å². The van der Waals surface area contributed by atoms with E-state index in [9.17, 15) is 4.79 Å². The van der Waals surface area contributed by atoms with Crippen LogP contribution in [0.1, 0.15) is 24.3 Å². The Morgan fingerprint density at radius 2 is 2.56 bits per heavy atom. The van der Waals surface area contributed by atoms with Crippen molar-refractivity contribution in [3.05, 3.63) is 32.8 Å². The number of nitrogens with one attached hydrogen (secondary N) is 1. The summed E-state index contributed by atoms with van der Waals surface area (Å²) in [5.41, 5.74) is 8.15. The smallest absolute Gasteiger partial charge is 0.328 e. The third kappa shape index (κ3) is 4.75. The lowest BCUT2D eigenvalue weighted by Gasteiger charge is -2.15. The Morgan fingerprint density at radius 3 is 3.17 bits per heavy atom. The molecule has 0 saturated heterocycles. The fraction of sp³-hybridized carbons (Fsp3) is 0.545. The van der Waals surface area contributed by atoms with Crippen molar-refractivity contribution < 1.29 is 9.53 Å². The molecule has 1 aromatic heterocycles. The van der Waals surface area contributed by atoms with E-state index < -0.39 is 6.04 Å². The Bertz CT molecular complexity index is 401. The fourth-order valence-electron chi connectivity index (χ4n) is 1.42. The summed E-state index contributed by atoms with van der Waals surface area (Å²) < 4.78 is 5.03. The number of azide groups is 1. The predicted octanol–water partition coefficient (Wildman–Crippen LogP) is 2.64. The summed E-state index contributed by atoms with van der Waals surface area (Å²) in [7, 11) is 0. The molecule has 0 spiro atoms. The summed E-state index contributed by atoms with van der Waals surface area (Å²) in [6, 6.07) is 3.36. The molecule has 0 fully saturated rings. The van der Waals surface area contributed by atoms with Gasteiger partial charge < -0.3 is 10.1 Å². The van der Waals surface area contributed by atoms with E-state index >= 15 is 0 Å². The molecule has 1 heterocycles. The molecule has 1 aromatic rings. The van der Waals surface area contributed by atoms with Crippen molar-refractivity contribution in [1.82, 2.24) is 5.32 Å². The molecule has 1 rings (SSSR count). The van der Waals surface area contributed by atoms with Crippen LogP contribution in [-0.4, -0.2) is 25.7 Å². The first-order valence-electron chi connectivity index (χ1n) is 5.74. The van der Waals surface area contributed by atoms with Crippen molar-refractivity contribution in [3.63, 3.8) is 0 Å². The van der Waals surface area contributed by atoms with Crippen molar-refractivity contribution in [1.29, 1.82) is 0 Å². The second kappa shape index (κ2) is 8.52. The van der Waals surface area contributed by atoms with E-state index in [0.717, 1.165) is 4.88 Å². The molecule has 0 aliphatic heterocycles. The van der Waals surface area contributed by atoms with Crippen LogP contribution < -0.4 is 5.32 Å². The van der Waals surface area contributed by atoms with Crippen molar-refractivity contribution in [3.8, 4) is 0 Å². The normalized spacial score (nSPS) is 11.6. The van der Waals surface area contributed by atoms with Crippen molar-refractivity contribution in [2.45, 2.75) is 19.4 Å². The molecule has 0 amide bonds. The lowest BCUT2D eigenvalue weighted by Crippen LogP contribution is -2.30. The highest BCUT2D eigenvalue weighted by Gasteiger charge is 2.21. The maximum absolute atomic E-state index is 11.8. The standard InChI is InChI=1S/C11H16N4O2S/c1-2-17-11(16)10(9-5-3-8-18-9)13-6-4-7-14-15-12/h3,5,8,10,13H,2,4,6-7H2,1H3. The zero-order chi connectivity index (χ0) is 13.2. The largest absolute Gasteiger partial charge is 0.465 e. The van der Waals surface area contributed by atoms with Crippen LogP contribution in [0.5, 0.6) is 0 Å². The molecule has 0 aliphatic carbocycles. The van der Waals surface area contributed by atoms with Crippen LogP contribution in [0.4, 0.5) is 0 Å². The molecule has 0 bridgehead atoms. The molecule has 18 heavy (non-hydrogen) atoms. The van der Waals surface area contributed by atoms with Gasteiger partial charge in [-0.1, -0.05) is 11.2 Å². The van der Waals surface area contributed by atoms with Crippen LogP contribution in [-0.2, 0) is 9.53 Å². The summed E-state index contributed by atoms with van der Waals surface area (Å²) in [5, 5.41) is 8.48. The van der Waals surface area contributed by atoms with Gasteiger partial charge in [-0.3, -0.25) is 0 Å². The molecule has 7 heteroatoms. The zero-order valence-corrected chi connectivity index (χ0v) is 11.0. The molecule has 98 valence electrons. The lowest BCUT2D eigenvalue weighted by atomic mass is 10.2. The van der Waals surface area contributed by atoms with Gasteiger partial charge in [0.2, 0.25) is 0 Å². The third-order valence-corrected chi connectivity index (χ3v) is 3.13. The summed E-state index contributed by atoms with van der Waals surface area (Å²) in [6.45, 7) is 3.16. The number of carbonyl (C=O) groups excluding carboxylic acids is 1. The van der Waals surface area contributed by atoms with Crippen LogP contribution in [0.25, 0.3) is 10.4 Å². The van der Waals surface area contributed by atoms with Gasteiger partial charge in [0.1, 0.15) is 6.04 Å². The van der Waals surface area contributed by atoms with Gasteiger partial charge in [-0.05, 0) is 36.9 Å². The van der Waals surface area contributed by atoms with Gasteiger partial charge >= 0.3 is 5.97 Å². The third-order valence-electron chi connectivity index (χ3n) is 2.20. The molecule has 1 unspecified atom stereocenters. The van der Waals surface area contributed by atoms with Crippen molar-refractivity contribution >= 4 is 17.3 Å². The second-order valence-electron chi connectivity index (χ2n) is 3.46. The molecule has 0 radical (unpaired) electrons. The first-order valence-corrected chi connectivity index (χ1v) is 6.61. The van der Waals surface area contributed by atoms with E-state index in [-0.39, 0.29) is 5.97 Å². The van der Waals surface area contributed by atoms with E-state index in [0.29, 0.717) is 26.1 Å². The van der Waals surface area contributed by atoms with E-state index in [2.05, 4.69) is 15.3 Å². The lowest BCUT2D eigenvalue weighted by molar-refractivity contribution is -0.145. The van der Waals surface area contributed by atoms with Gasteiger partial charge in [0.25, 0.3) is 0 Å². The number of carbonyl (C=O) groups is 1. The van der Waals surface area contributed by atoms with Crippen LogP contribution in [0.3, 0.4) is 0 Å². The quantitative estimate of drug-likeness (QED) is 0.258. The molecular weight excluding hydrogens is 252 g/mol. The molecule has 1 atom stereocenters. The van der Waals surface area contributed by atoms with Crippen LogP contribution in [0, 0.1) is 0 Å². The Labute approximate surface area is 110 Å². The minimum atomic E-state index is -0.434. The highest BCUT2D eigenvalue weighted by molar-refractivity contribution is 7.10. The molecule has 0 aliphatic rings. The molecular formula is C11H16N4O2S. The fourth-order valence-corrected chi connectivity index (χ4v) is 2.21. The highest BCUT2D eigenvalue weighted by Crippen LogP contribution is 2.20. The Kier molecular flexibility index (Phi) is 6.86. The van der Waals surface area contributed by atoms with Crippen LogP contribution in [0.2, 0.25) is 0 Å². The number of thiophene rings is 1. The minimum absolute atomic E-state index is 0.274. The van der Waals surface area contributed by atoms with E-state index in [1.807, 2.05) is 17.5 Å². The number of hydrogen-bond acceptors (Lipinski definition) is 5. The van der Waals surface area contributed by atoms with Gasteiger partial charge in [0.05, 0.1) is 6.61 Å². The summed E-state index contributed by atoms with van der Waals surface area (Å²) in [5.74, 6) is -0.274. The van der Waals surface area contributed by atoms with Gasteiger partial charge in [0.15, 0.2) is 0 Å². The first kappa shape index (κ1) is 14.5. The predicted molar refractivity (Wildman–Crippen MR) is 70.3 cm³/mol. The second-order valence-corrected chi connectivity index (χ2v) is 4.44. The van der Waals surface area contributed by atoms with Crippen molar-refractivity contribution in [2.75, 3.05) is 19.7 Å². The maximum atomic E-state index is 11.8. The van der Waals surface area contributed by atoms with E-state index in [1.165, 1.54) is 11.3 Å². The van der Waals surface area contributed by atoms with Gasteiger partial charge in [-0.25, -0.2) is 4.79 Å².